The maximum Gasteiger partial charge on any atom is 0.425 e. The molecule has 0 saturated carbocycles. The summed E-state index contributed by atoms with van der Waals surface area (Å²) in [7, 11) is 2.22. The lowest BCUT2D eigenvalue weighted by atomic mass is 10.1. The highest BCUT2D eigenvalue weighted by atomic mass is 19.4. The number of benzene rings is 1. The molecule has 25 heavy (non-hydrogen) atoms. The summed E-state index contributed by atoms with van der Waals surface area (Å²) in [5.74, 6) is -1.85. The molecule has 1 aromatic rings. The predicted octanol–water partition coefficient (Wildman–Crippen LogP) is 4.15. The number of hydrogen-bond acceptors (Lipinski definition) is 5. The Morgan fingerprint density at radius 2 is 1.64 bits per heavy atom. The lowest BCUT2D eigenvalue weighted by Crippen LogP contribution is -2.34. The summed E-state index contributed by atoms with van der Waals surface area (Å²) < 4.78 is 53.5. The first kappa shape index (κ1) is 20.8. The Morgan fingerprint density at radius 1 is 1.04 bits per heavy atom. The highest BCUT2D eigenvalue weighted by molar-refractivity contribution is 6.03. The van der Waals surface area contributed by atoms with Crippen LogP contribution in [0.25, 0.3) is 0 Å². The van der Waals surface area contributed by atoms with E-state index < -0.39 is 24.2 Å². The molecule has 1 rings (SSSR count). The standard InChI is InChI=1S/C17H21F3O5/c1-4-5-6-7-14(17(18,19)20)25-11-8-9-12(15(21)23-2)13(10-11)16(22)24-3/h8-10,14H,4-7H2,1-3H3. The molecular weight excluding hydrogens is 341 g/mol. The molecule has 0 N–H and O–H groups in total. The Bertz CT molecular complexity index is 598. The normalized spacial score (nSPS) is 12.4. The van der Waals surface area contributed by atoms with Gasteiger partial charge in [-0.2, -0.15) is 13.2 Å². The van der Waals surface area contributed by atoms with Crippen molar-refractivity contribution in [3.8, 4) is 5.75 Å². The lowest BCUT2D eigenvalue weighted by Gasteiger charge is -2.22. The van der Waals surface area contributed by atoms with E-state index in [1.807, 2.05) is 6.92 Å². The molecule has 0 amide bonds. The second kappa shape index (κ2) is 9.29. The summed E-state index contributed by atoms with van der Waals surface area (Å²) in [5.41, 5.74) is -0.336. The molecule has 1 aromatic carbocycles. The molecule has 0 saturated heterocycles. The van der Waals surface area contributed by atoms with Gasteiger partial charge in [0.05, 0.1) is 25.3 Å². The minimum atomic E-state index is -4.54. The van der Waals surface area contributed by atoms with E-state index in [0.717, 1.165) is 26.7 Å². The van der Waals surface area contributed by atoms with Gasteiger partial charge in [-0.25, -0.2) is 9.59 Å². The maximum atomic E-state index is 13.1. The van der Waals surface area contributed by atoms with Crippen LogP contribution in [-0.4, -0.2) is 38.4 Å². The molecule has 0 radical (unpaired) electrons. The number of methoxy groups -OCH3 is 2. The lowest BCUT2D eigenvalue weighted by molar-refractivity contribution is -0.197. The van der Waals surface area contributed by atoms with E-state index in [0.29, 0.717) is 12.8 Å². The average molecular weight is 362 g/mol. The van der Waals surface area contributed by atoms with Gasteiger partial charge in [-0.1, -0.05) is 19.8 Å². The number of ether oxygens (including phenoxy) is 3. The number of alkyl halides is 3. The van der Waals surface area contributed by atoms with Crippen molar-refractivity contribution in [1.29, 1.82) is 0 Å². The van der Waals surface area contributed by atoms with E-state index >= 15 is 0 Å². The van der Waals surface area contributed by atoms with Crippen LogP contribution in [-0.2, 0) is 9.47 Å². The first-order valence-electron chi connectivity index (χ1n) is 7.78. The molecule has 0 heterocycles. The molecule has 0 aliphatic rings. The molecule has 0 aromatic heterocycles. The van der Waals surface area contributed by atoms with Crippen molar-refractivity contribution in [1.82, 2.24) is 0 Å². The molecule has 1 unspecified atom stereocenters. The van der Waals surface area contributed by atoms with Gasteiger partial charge < -0.3 is 14.2 Å². The van der Waals surface area contributed by atoms with Gasteiger partial charge in [0.15, 0.2) is 6.10 Å². The van der Waals surface area contributed by atoms with Crippen LogP contribution in [0.15, 0.2) is 18.2 Å². The molecule has 5 nitrogen and oxygen atoms in total. The van der Waals surface area contributed by atoms with Gasteiger partial charge in [-0.15, -0.1) is 0 Å². The number of esters is 2. The van der Waals surface area contributed by atoms with E-state index in [4.69, 9.17) is 4.74 Å². The van der Waals surface area contributed by atoms with Gasteiger partial charge in [-0.05, 0) is 31.0 Å². The Labute approximate surface area is 144 Å². The van der Waals surface area contributed by atoms with Gasteiger partial charge >= 0.3 is 18.1 Å². The summed E-state index contributed by atoms with van der Waals surface area (Å²) in [5, 5.41) is 0. The Hall–Kier alpha value is -2.25. The number of carbonyl (C=O) groups is 2. The third-order valence-electron chi connectivity index (χ3n) is 3.51. The highest BCUT2D eigenvalue weighted by Crippen LogP contribution is 2.30. The van der Waals surface area contributed by atoms with Gasteiger partial charge in [0.1, 0.15) is 5.75 Å². The minimum Gasteiger partial charge on any atom is -0.481 e. The maximum absolute atomic E-state index is 13.1. The van der Waals surface area contributed by atoms with Crippen LogP contribution in [0.2, 0.25) is 0 Å². The number of unbranched alkanes of at least 4 members (excludes halogenated alkanes) is 2. The summed E-state index contributed by atoms with van der Waals surface area (Å²) in [4.78, 5) is 23.5. The first-order valence-corrected chi connectivity index (χ1v) is 7.78. The van der Waals surface area contributed by atoms with Gasteiger partial charge in [0.2, 0.25) is 0 Å². The van der Waals surface area contributed by atoms with Crippen molar-refractivity contribution >= 4 is 11.9 Å². The summed E-state index contributed by atoms with van der Waals surface area (Å²) in [6, 6.07) is 3.42. The van der Waals surface area contributed by atoms with Gasteiger partial charge in [-0.3, -0.25) is 0 Å². The monoisotopic (exact) mass is 362 g/mol. The number of carbonyl (C=O) groups excluding carboxylic acids is 2. The predicted molar refractivity (Wildman–Crippen MR) is 83.7 cm³/mol. The van der Waals surface area contributed by atoms with E-state index in [2.05, 4.69) is 9.47 Å². The highest BCUT2D eigenvalue weighted by Gasteiger charge is 2.41. The minimum absolute atomic E-state index is 0.115. The van der Waals surface area contributed by atoms with Crippen LogP contribution >= 0.6 is 0 Å². The van der Waals surface area contributed by atoms with Gasteiger partial charge in [0, 0.05) is 0 Å². The fourth-order valence-corrected chi connectivity index (χ4v) is 2.20. The smallest absolute Gasteiger partial charge is 0.425 e. The Kier molecular flexibility index (Phi) is 7.73. The number of hydrogen-bond donors (Lipinski definition) is 0. The molecule has 1 atom stereocenters. The summed E-state index contributed by atoms with van der Waals surface area (Å²) in [6.45, 7) is 1.89. The third kappa shape index (κ3) is 5.95. The average Bonchev–Trinajstić information content (AvgIpc) is 2.58. The van der Waals surface area contributed by atoms with Crippen molar-refractivity contribution in [2.24, 2.45) is 0 Å². The number of halogens is 3. The fraction of sp³-hybridized carbons (Fsp3) is 0.529. The van der Waals surface area contributed by atoms with Crippen LogP contribution in [0.4, 0.5) is 13.2 Å². The SMILES string of the molecule is CCCCCC(Oc1ccc(C(=O)OC)c(C(=O)OC)c1)C(F)(F)F. The van der Waals surface area contributed by atoms with Crippen molar-refractivity contribution in [3.05, 3.63) is 29.3 Å². The zero-order valence-electron chi connectivity index (χ0n) is 14.3. The van der Waals surface area contributed by atoms with Crippen LogP contribution in [0, 0.1) is 0 Å². The van der Waals surface area contributed by atoms with Crippen LogP contribution in [0.5, 0.6) is 5.75 Å². The molecule has 140 valence electrons. The van der Waals surface area contributed by atoms with Crippen molar-refractivity contribution < 1.29 is 37.0 Å². The van der Waals surface area contributed by atoms with Crippen molar-refractivity contribution in [3.63, 3.8) is 0 Å². The zero-order valence-corrected chi connectivity index (χ0v) is 14.3. The first-order chi connectivity index (χ1) is 11.7. The van der Waals surface area contributed by atoms with E-state index in [-0.39, 0.29) is 23.3 Å². The Morgan fingerprint density at radius 3 is 2.16 bits per heavy atom. The third-order valence-corrected chi connectivity index (χ3v) is 3.51. The van der Waals surface area contributed by atoms with Crippen LogP contribution < -0.4 is 4.74 Å². The molecule has 0 fully saturated rings. The summed E-state index contributed by atoms with van der Waals surface area (Å²) in [6.07, 6.45) is -4.92. The van der Waals surface area contributed by atoms with E-state index in [1.54, 1.807) is 0 Å². The summed E-state index contributed by atoms with van der Waals surface area (Å²) >= 11 is 0. The van der Waals surface area contributed by atoms with Gasteiger partial charge in [0.25, 0.3) is 0 Å². The molecule has 8 heteroatoms. The molecule has 0 aliphatic carbocycles. The van der Waals surface area contributed by atoms with Crippen molar-refractivity contribution in [2.45, 2.75) is 44.9 Å². The molecule has 0 spiro atoms. The molecule has 0 bridgehead atoms. The van der Waals surface area contributed by atoms with Crippen molar-refractivity contribution in [2.75, 3.05) is 14.2 Å². The molecular formula is C17H21F3O5. The van der Waals surface area contributed by atoms with E-state index in [9.17, 15) is 22.8 Å². The van der Waals surface area contributed by atoms with Crippen LogP contribution in [0.1, 0.15) is 53.3 Å². The van der Waals surface area contributed by atoms with Crippen LogP contribution in [0.3, 0.4) is 0 Å². The topological polar surface area (TPSA) is 61.8 Å². The molecule has 0 aliphatic heterocycles. The largest absolute Gasteiger partial charge is 0.481 e. The second-order valence-electron chi connectivity index (χ2n) is 5.33. The fourth-order valence-electron chi connectivity index (χ4n) is 2.20. The Balaban J connectivity index is 3.10. The quantitative estimate of drug-likeness (QED) is 0.514. The zero-order chi connectivity index (χ0) is 19.0. The second-order valence-corrected chi connectivity index (χ2v) is 5.33. The number of rotatable bonds is 8. The van der Waals surface area contributed by atoms with E-state index in [1.165, 1.54) is 12.1 Å².